The molecule has 1 aliphatic rings. The van der Waals surface area contributed by atoms with Crippen LogP contribution in [0.25, 0.3) is 0 Å². The van der Waals surface area contributed by atoms with Crippen LogP contribution >= 0.6 is 24.0 Å². The van der Waals surface area contributed by atoms with E-state index in [1.807, 2.05) is 19.1 Å². The fourth-order valence-electron chi connectivity index (χ4n) is 2.83. The topological polar surface area (TPSA) is 62.9 Å². The number of nitrogens with one attached hydrogen (secondary N) is 1. The van der Waals surface area contributed by atoms with Gasteiger partial charge in [-0.1, -0.05) is 18.2 Å². The molecule has 22 heavy (non-hydrogen) atoms. The number of aliphatic imine (C=N–C) groups is 1. The van der Waals surface area contributed by atoms with Crippen molar-refractivity contribution < 1.29 is 4.74 Å². The van der Waals surface area contributed by atoms with E-state index in [2.05, 4.69) is 27.3 Å². The number of guanidine groups is 1. The van der Waals surface area contributed by atoms with Crippen molar-refractivity contribution in [1.29, 1.82) is 0 Å². The quantitative estimate of drug-likeness (QED) is 0.423. The summed E-state index contributed by atoms with van der Waals surface area (Å²) in [5.41, 5.74) is 7.06. The Kier molecular flexibility index (Phi) is 8.55. The van der Waals surface area contributed by atoms with E-state index in [0.717, 1.165) is 25.4 Å². The molecule has 0 radical (unpaired) electrons. The van der Waals surface area contributed by atoms with Crippen LogP contribution in [-0.4, -0.2) is 44.1 Å². The lowest BCUT2D eigenvalue weighted by atomic mass is 10.0. The zero-order valence-corrected chi connectivity index (χ0v) is 15.7. The molecule has 5 nitrogen and oxygen atoms in total. The Labute approximate surface area is 150 Å². The van der Waals surface area contributed by atoms with Crippen molar-refractivity contribution in [2.24, 2.45) is 10.7 Å². The third-order valence-electron chi connectivity index (χ3n) is 3.87. The molecule has 1 aliphatic heterocycles. The van der Waals surface area contributed by atoms with E-state index in [-0.39, 0.29) is 30.0 Å². The number of halogens is 1. The molecular formula is C16H27IN4O. The first kappa shape index (κ1) is 19.0. The number of nitrogens with zero attached hydrogens (tertiary/aromatic N) is 2. The van der Waals surface area contributed by atoms with Crippen molar-refractivity contribution in [3.63, 3.8) is 0 Å². The van der Waals surface area contributed by atoms with E-state index >= 15 is 0 Å². The normalized spacial score (nSPS) is 16.9. The predicted molar refractivity (Wildman–Crippen MR) is 102 cm³/mol. The number of hydrogen-bond donors (Lipinski definition) is 2. The molecule has 1 saturated heterocycles. The summed E-state index contributed by atoms with van der Waals surface area (Å²) in [4.78, 5) is 6.97. The minimum atomic E-state index is 0. The van der Waals surface area contributed by atoms with Crippen molar-refractivity contribution in [2.45, 2.75) is 25.8 Å². The summed E-state index contributed by atoms with van der Waals surface area (Å²) in [5, 5.41) is 3.05. The van der Waals surface area contributed by atoms with Crippen LogP contribution in [0.3, 0.4) is 0 Å². The summed E-state index contributed by atoms with van der Waals surface area (Å²) in [6, 6.07) is 8.41. The average Bonchev–Trinajstić information content (AvgIpc) is 3.02. The lowest BCUT2D eigenvalue weighted by Crippen LogP contribution is -2.34. The maximum absolute atomic E-state index is 5.87. The molecule has 6 heteroatoms. The third kappa shape index (κ3) is 5.01. The van der Waals surface area contributed by atoms with Gasteiger partial charge in [0.25, 0.3) is 0 Å². The Morgan fingerprint density at radius 3 is 2.68 bits per heavy atom. The molecule has 2 rings (SSSR count). The van der Waals surface area contributed by atoms with Crippen LogP contribution in [-0.2, 0) is 0 Å². The Bertz CT molecular complexity index is 475. The fourth-order valence-corrected chi connectivity index (χ4v) is 2.83. The maximum atomic E-state index is 5.87. The zero-order chi connectivity index (χ0) is 15.1. The van der Waals surface area contributed by atoms with E-state index in [4.69, 9.17) is 10.5 Å². The molecule has 1 atom stereocenters. The van der Waals surface area contributed by atoms with Crippen LogP contribution < -0.4 is 15.8 Å². The van der Waals surface area contributed by atoms with E-state index in [1.54, 1.807) is 7.11 Å². The molecule has 1 unspecified atom stereocenters. The van der Waals surface area contributed by atoms with Crippen LogP contribution in [0, 0.1) is 0 Å². The molecule has 0 bridgehead atoms. The molecule has 0 aromatic heterocycles. The van der Waals surface area contributed by atoms with Crippen LogP contribution in [0.2, 0.25) is 0 Å². The molecule has 3 N–H and O–H groups in total. The third-order valence-corrected chi connectivity index (χ3v) is 3.87. The predicted octanol–water partition coefficient (Wildman–Crippen LogP) is 2.37. The van der Waals surface area contributed by atoms with Gasteiger partial charge in [-0.15, -0.1) is 24.0 Å². The summed E-state index contributed by atoms with van der Waals surface area (Å²) in [6.07, 6.45) is 2.50. The van der Waals surface area contributed by atoms with Crippen LogP contribution in [0.5, 0.6) is 5.75 Å². The highest BCUT2D eigenvalue weighted by Gasteiger charge is 2.25. The van der Waals surface area contributed by atoms with Crippen molar-refractivity contribution in [2.75, 3.05) is 33.3 Å². The molecule has 0 amide bonds. The summed E-state index contributed by atoms with van der Waals surface area (Å²) < 4.78 is 5.52. The summed E-state index contributed by atoms with van der Waals surface area (Å²) >= 11 is 0. The van der Waals surface area contributed by atoms with Crippen molar-refractivity contribution in [3.8, 4) is 5.75 Å². The SMILES string of the molecule is CCNC(N)=NCC(c1ccccc1OC)N1CCCC1.I. The van der Waals surface area contributed by atoms with Crippen molar-refractivity contribution in [1.82, 2.24) is 10.2 Å². The van der Waals surface area contributed by atoms with Gasteiger partial charge in [-0.05, 0) is 38.9 Å². The first-order valence-corrected chi connectivity index (χ1v) is 7.67. The monoisotopic (exact) mass is 418 g/mol. The Hall–Kier alpha value is -1.02. The number of methoxy groups -OCH3 is 1. The number of hydrogen-bond acceptors (Lipinski definition) is 3. The van der Waals surface area contributed by atoms with Gasteiger partial charge in [0.2, 0.25) is 0 Å². The van der Waals surface area contributed by atoms with Crippen molar-refractivity contribution in [3.05, 3.63) is 29.8 Å². The van der Waals surface area contributed by atoms with Crippen LogP contribution in [0.1, 0.15) is 31.4 Å². The molecule has 1 aromatic carbocycles. The van der Waals surface area contributed by atoms with Crippen LogP contribution in [0.15, 0.2) is 29.3 Å². The number of para-hydroxylation sites is 1. The van der Waals surface area contributed by atoms with Gasteiger partial charge in [-0.2, -0.15) is 0 Å². The van der Waals surface area contributed by atoms with Crippen molar-refractivity contribution >= 4 is 29.9 Å². The molecule has 0 aliphatic carbocycles. The largest absolute Gasteiger partial charge is 0.496 e. The Morgan fingerprint density at radius 1 is 1.36 bits per heavy atom. The lowest BCUT2D eigenvalue weighted by Gasteiger charge is -2.28. The molecule has 0 saturated carbocycles. The van der Waals surface area contributed by atoms with Gasteiger partial charge in [0.1, 0.15) is 5.75 Å². The lowest BCUT2D eigenvalue weighted by molar-refractivity contribution is 0.245. The van der Waals surface area contributed by atoms with Gasteiger partial charge in [-0.25, -0.2) is 0 Å². The number of nitrogens with two attached hydrogens (primary N) is 1. The van der Waals surface area contributed by atoms with Gasteiger partial charge in [0, 0.05) is 12.1 Å². The molecule has 124 valence electrons. The second-order valence-corrected chi connectivity index (χ2v) is 5.26. The highest BCUT2D eigenvalue weighted by Crippen LogP contribution is 2.31. The van der Waals surface area contributed by atoms with E-state index in [9.17, 15) is 0 Å². The van der Waals surface area contributed by atoms with Gasteiger partial charge in [0.15, 0.2) is 5.96 Å². The summed E-state index contributed by atoms with van der Waals surface area (Å²) in [5.74, 6) is 1.43. The average molecular weight is 418 g/mol. The van der Waals surface area contributed by atoms with Gasteiger partial charge in [-0.3, -0.25) is 9.89 Å². The number of likely N-dealkylation sites (tertiary alicyclic amines) is 1. The fraction of sp³-hybridized carbons (Fsp3) is 0.562. The molecule has 0 spiro atoms. The first-order chi connectivity index (χ1) is 10.3. The number of rotatable bonds is 6. The summed E-state index contributed by atoms with van der Waals surface area (Å²) in [6.45, 7) is 5.68. The molecule has 1 aromatic rings. The second kappa shape index (κ2) is 9.89. The molecule has 1 fully saturated rings. The molecular weight excluding hydrogens is 391 g/mol. The van der Waals surface area contributed by atoms with Gasteiger partial charge >= 0.3 is 0 Å². The minimum Gasteiger partial charge on any atom is -0.496 e. The van der Waals surface area contributed by atoms with E-state index in [0.29, 0.717) is 12.5 Å². The standard InChI is InChI=1S/C16H26N4O.HI/c1-3-18-16(17)19-12-14(20-10-6-7-11-20)13-8-4-5-9-15(13)21-2;/h4-5,8-9,14H,3,6-7,10-12H2,1-2H3,(H3,17,18,19);1H. The van der Waals surface area contributed by atoms with Gasteiger partial charge < -0.3 is 15.8 Å². The highest BCUT2D eigenvalue weighted by atomic mass is 127. The first-order valence-electron chi connectivity index (χ1n) is 7.67. The number of ether oxygens (including phenoxy) is 1. The van der Waals surface area contributed by atoms with Crippen LogP contribution in [0.4, 0.5) is 0 Å². The summed E-state index contributed by atoms with van der Waals surface area (Å²) in [7, 11) is 1.72. The maximum Gasteiger partial charge on any atom is 0.188 e. The minimum absolute atomic E-state index is 0. The second-order valence-electron chi connectivity index (χ2n) is 5.26. The Balaban J connectivity index is 0.00000242. The smallest absolute Gasteiger partial charge is 0.188 e. The highest BCUT2D eigenvalue weighted by molar-refractivity contribution is 14.0. The molecule has 1 heterocycles. The van der Waals surface area contributed by atoms with E-state index < -0.39 is 0 Å². The number of benzene rings is 1. The Morgan fingerprint density at radius 2 is 2.05 bits per heavy atom. The van der Waals surface area contributed by atoms with E-state index in [1.165, 1.54) is 18.4 Å². The van der Waals surface area contributed by atoms with Gasteiger partial charge in [0.05, 0.1) is 19.7 Å². The zero-order valence-electron chi connectivity index (χ0n) is 13.4.